The summed E-state index contributed by atoms with van der Waals surface area (Å²) in [6.45, 7) is 7.39. The Labute approximate surface area is 145 Å². The van der Waals surface area contributed by atoms with E-state index in [1.807, 2.05) is 36.0 Å². The average molecular weight is 343 g/mol. The molecule has 0 saturated heterocycles. The molecule has 24 heavy (non-hydrogen) atoms. The molecular weight excluding hydrogens is 325 g/mol. The van der Waals surface area contributed by atoms with Crippen LogP contribution in [0.4, 0.5) is 10.1 Å². The number of hydrogen-bond donors (Lipinski definition) is 0. The van der Waals surface area contributed by atoms with Crippen LogP contribution < -0.4 is 9.47 Å². The van der Waals surface area contributed by atoms with Crippen LogP contribution in [0.5, 0.6) is 11.5 Å². The molecule has 5 heteroatoms. The molecule has 1 fully saturated rings. The summed E-state index contributed by atoms with van der Waals surface area (Å²) in [5.74, 6) is 0.559. The SMILES string of the molecule is C=Nc1cc(OC)c(F)cc1C(=C)Oc1ccc(SC2CC2)cc1. The van der Waals surface area contributed by atoms with Gasteiger partial charge in [-0.3, -0.25) is 4.99 Å². The van der Waals surface area contributed by atoms with Gasteiger partial charge in [0.05, 0.1) is 12.8 Å². The summed E-state index contributed by atoms with van der Waals surface area (Å²) in [6, 6.07) is 10.6. The third kappa shape index (κ3) is 3.79. The third-order valence-corrected chi connectivity index (χ3v) is 4.98. The first kappa shape index (κ1) is 16.6. The van der Waals surface area contributed by atoms with Crippen molar-refractivity contribution in [3.8, 4) is 11.5 Å². The second kappa shape index (κ2) is 7.09. The lowest BCUT2D eigenvalue weighted by molar-refractivity contribution is 0.386. The van der Waals surface area contributed by atoms with Crippen molar-refractivity contribution >= 4 is 29.9 Å². The smallest absolute Gasteiger partial charge is 0.165 e. The number of halogens is 1. The van der Waals surface area contributed by atoms with Crippen molar-refractivity contribution < 1.29 is 13.9 Å². The van der Waals surface area contributed by atoms with E-state index in [-0.39, 0.29) is 5.75 Å². The molecule has 2 aromatic rings. The van der Waals surface area contributed by atoms with Crippen LogP contribution in [-0.2, 0) is 0 Å². The normalized spacial score (nSPS) is 13.4. The maximum absolute atomic E-state index is 14.0. The highest BCUT2D eigenvalue weighted by molar-refractivity contribution is 8.00. The molecule has 0 N–H and O–H groups in total. The summed E-state index contributed by atoms with van der Waals surface area (Å²) in [5.41, 5.74) is 0.902. The van der Waals surface area contributed by atoms with Gasteiger partial charge >= 0.3 is 0 Å². The van der Waals surface area contributed by atoms with E-state index in [4.69, 9.17) is 9.47 Å². The Morgan fingerprint density at radius 1 is 1.25 bits per heavy atom. The lowest BCUT2D eigenvalue weighted by Crippen LogP contribution is -1.97. The van der Waals surface area contributed by atoms with Crippen LogP contribution in [0.3, 0.4) is 0 Å². The topological polar surface area (TPSA) is 30.8 Å². The van der Waals surface area contributed by atoms with Gasteiger partial charge in [-0.1, -0.05) is 6.58 Å². The first-order valence-electron chi connectivity index (χ1n) is 7.59. The van der Waals surface area contributed by atoms with Crippen molar-refractivity contribution in [3.63, 3.8) is 0 Å². The van der Waals surface area contributed by atoms with Crippen LogP contribution in [0.25, 0.3) is 5.76 Å². The van der Waals surface area contributed by atoms with Gasteiger partial charge in [0.1, 0.15) is 11.5 Å². The highest BCUT2D eigenvalue weighted by Crippen LogP contribution is 2.39. The molecule has 3 nitrogen and oxygen atoms in total. The second-order valence-electron chi connectivity index (χ2n) is 5.48. The van der Waals surface area contributed by atoms with Crippen LogP contribution in [0.15, 0.2) is 52.9 Å². The second-order valence-corrected chi connectivity index (χ2v) is 6.85. The summed E-state index contributed by atoms with van der Waals surface area (Å²) in [6.07, 6.45) is 2.58. The summed E-state index contributed by atoms with van der Waals surface area (Å²) < 4.78 is 24.7. The number of benzene rings is 2. The Balaban J connectivity index is 1.76. The highest BCUT2D eigenvalue weighted by atomic mass is 32.2. The molecule has 0 heterocycles. The zero-order chi connectivity index (χ0) is 17.1. The van der Waals surface area contributed by atoms with Crippen molar-refractivity contribution in [1.29, 1.82) is 0 Å². The van der Waals surface area contributed by atoms with E-state index in [9.17, 15) is 4.39 Å². The molecule has 1 saturated carbocycles. The van der Waals surface area contributed by atoms with Crippen LogP contribution >= 0.6 is 11.8 Å². The minimum absolute atomic E-state index is 0.107. The van der Waals surface area contributed by atoms with Crippen LogP contribution in [0.1, 0.15) is 18.4 Å². The molecule has 0 atom stereocenters. The Bertz CT molecular complexity index is 770. The molecule has 0 spiro atoms. The largest absolute Gasteiger partial charge is 0.494 e. The summed E-state index contributed by atoms with van der Waals surface area (Å²) in [4.78, 5) is 5.12. The molecule has 1 aliphatic rings. The Morgan fingerprint density at radius 3 is 2.54 bits per heavy atom. The fourth-order valence-electron chi connectivity index (χ4n) is 2.22. The quantitative estimate of drug-likeness (QED) is 0.493. The van der Waals surface area contributed by atoms with Gasteiger partial charge in [0.25, 0.3) is 0 Å². The van der Waals surface area contributed by atoms with Gasteiger partial charge in [0.2, 0.25) is 0 Å². The van der Waals surface area contributed by atoms with Gasteiger partial charge in [-0.05, 0) is 49.9 Å². The first-order valence-corrected chi connectivity index (χ1v) is 8.47. The van der Waals surface area contributed by atoms with Crippen LogP contribution in [-0.4, -0.2) is 19.1 Å². The van der Waals surface area contributed by atoms with Gasteiger partial charge < -0.3 is 9.47 Å². The van der Waals surface area contributed by atoms with E-state index >= 15 is 0 Å². The van der Waals surface area contributed by atoms with Gasteiger partial charge in [0.15, 0.2) is 11.6 Å². The summed E-state index contributed by atoms with van der Waals surface area (Å²) >= 11 is 1.88. The van der Waals surface area contributed by atoms with E-state index < -0.39 is 5.82 Å². The van der Waals surface area contributed by atoms with Crippen LogP contribution in [0.2, 0.25) is 0 Å². The molecule has 3 rings (SSSR count). The van der Waals surface area contributed by atoms with Crippen molar-refractivity contribution in [3.05, 3.63) is 54.4 Å². The molecule has 0 unspecified atom stereocenters. The van der Waals surface area contributed by atoms with Crippen molar-refractivity contribution in [2.45, 2.75) is 23.0 Å². The number of thioether (sulfide) groups is 1. The van der Waals surface area contributed by atoms with E-state index in [0.29, 0.717) is 22.8 Å². The highest BCUT2D eigenvalue weighted by Gasteiger charge is 2.22. The van der Waals surface area contributed by atoms with Crippen LogP contribution in [0, 0.1) is 5.82 Å². The van der Waals surface area contributed by atoms with Gasteiger partial charge in [-0.15, -0.1) is 11.8 Å². The molecule has 0 amide bonds. The Morgan fingerprint density at radius 2 is 1.96 bits per heavy atom. The monoisotopic (exact) mass is 343 g/mol. The molecule has 0 aromatic heterocycles. The van der Waals surface area contributed by atoms with Gasteiger partial charge in [0, 0.05) is 21.8 Å². The summed E-state index contributed by atoms with van der Waals surface area (Å²) in [5, 5.41) is 0.759. The number of rotatable bonds is 7. The van der Waals surface area contributed by atoms with Crippen molar-refractivity contribution in [2.75, 3.05) is 7.11 Å². The molecule has 0 aliphatic heterocycles. The molecule has 0 radical (unpaired) electrons. The molecule has 124 valence electrons. The fraction of sp³-hybridized carbons (Fsp3) is 0.211. The number of methoxy groups -OCH3 is 1. The zero-order valence-corrected chi connectivity index (χ0v) is 14.2. The average Bonchev–Trinajstić information content (AvgIpc) is 3.40. The lowest BCUT2D eigenvalue weighted by atomic mass is 10.1. The lowest BCUT2D eigenvalue weighted by Gasteiger charge is -2.13. The van der Waals surface area contributed by atoms with E-state index in [1.54, 1.807) is 0 Å². The maximum Gasteiger partial charge on any atom is 0.165 e. The maximum atomic E-state index is 14.0. The van der Waals surface area contributed by atoms with Gasteiger partial charge in [-0.2, -0.15) is 0 Å². The van der Waals surface area contributed by atoms with Crippen molar-refractivity contribution in [2.24, 2.45) is 4.99 Å². The van der Waals surface area contributed by atoms with E-state index in [0.717, 1.165) is 5.25 Å². The summed E-state index contributed by atoms with van der Waals surface area (Å²) in [7, 11) is 1.40. The number of ether oxygens (including phenoxy) is 2. The number of nitrogens with zero attached hydrogens (tertiary/aromatic N) is 1. The van der Waals surface area contributed by atoms with E-state index in [2.05, 4.69) is 18.3 Å². The number of aliphatic imine (C=N–C) groups is 1. The predicted octanol–water partition coefficient (Wildman–Crippen LogP) is 5.47. The fourth-order valence-corrected chi connectivity index (χ4v) is 3.26. The minimum atomic E-state index is -0.499. The first-order chi connectivity index (χ1) is 11.6. The van der Waals surface area contributed by atoms with E-state index in [1.165, 1.54) is 37.0 Å². The standard InChI is InChI=1S/C19H18FNO2S/c1-12(16-10-17(20)19(22-3)11-18(16)21-2)23-13-4-6-14(7-5-13)24-15-8-9-15/h4-7,10-11,15H,1-2,8-9H2,3H3. The molecular formula is C19H18FNO2S. The van der Waals surface area contributed by atoms with Crippen molar-refractivity contribution in [1.82, 2.24) is 0 Å². The minimum Gasteiger partial charge on any atom is -0.494 e. The molecule has 0 bridgehead atoms. The Kier molecular flexibility index (Phi) is 4.90. The number of hydrogen-bond acceptors (Lipinski definition) is 4. The molecule has 1 aliphatic carbocycles. The zero-order valence-electron chi connectivity index (χ0n) is 13.4. The third-order valence-electron chi connectivity index (χ3n) is 3.63. The Hall–Kier alpha value is -2.27. The van der Waals surface area contributed by atoms with Gasteiger partial charge in [-0.25, -0.2) is 4.39 Å². The molecule has 2 aromatic carbocycles. The predicted molar refractivity (Wildman–Crippen MR) is 97.1 cm³/mol.